The first kappa shape index (κ1) is 12.0. The van der Waals surface area contributed by atoms with Gasteiger partial charge in [0, 0.05) is 27.3 Å². The summed E-state index contributed by atoms with van der Waals surface area (Å²) < 4.78 is 1.12. The van der Waals surface area contributed by atoms with Gasteiger partial charge in [-0.1, -0.05) is 0 Å². The third-order valence-electron chi connectivity index (χ3n) is 2.08. The molecule has 0 aliphatic rings. The van der Waals surface area contributed by atoms with Gasteiger partial charge in [0.15, 0.2) is 0 Å². The van der Waals surface area contributed by atoms with Gasteiger partial charge >= 0.3 is 0 Å². The van der Waals surface area contributed by atoms with Crippen molar-refractivity contribution in [2.24, 2.45) is 0 Å². The van der Waals surface area contributed by atoms with Crippen LogP contribution >= 0.6 is 27.3 Å². The highest BCUT2D eigenvalue weighted by Gasteiger charge is 1.99. The van der Waals surface area contributed by atoms with E-state index in [1.807, 2.05) is 6.07 Å². The maximum absolute atomic E-state index is 8.70. The molecule has 0 aliphatic heterocycles. The van der Waals surface area contributed by atoms with Crippen molar-refractivity contribution in [3.05, 3.63) is 38.9 Å². The summed E-state index contributed by atoms with van der Waals surface area (Å²) in [5.74, 6) is 0.687. The van der Waals surface area contributed by atoms with Crippen molar-refractivity contribution < 1.29 is 0 Å². The first-order valence-electron chi connectivity index (χ1n) is 4.97. The fourth-order valence-electron chi connectivity index (χ4n) is 1.31. The average Bonchev–Trinajstić information content (AvgIpc) is 2.75. The van der Waals surface area contributed by atoms with Gasteiger partial charge < -0.3 is 5.32 Å². The molecule has 2 aromatic rings. The molecule has 0 spiro atoms. The Labute approximate surface area is 111 Å². The predicted octanol–water partition coefficient (Wildman–Crippen LogP) is 2.83. The van der Waals surface area contributed by atoms with Gasteiger partial charge in [-0.05, 0) is 28.4 Å². The number of aromatic nitrogens is 2. The number of halogens is 1. The van der Waals surface area contributed by atoms with Gasteiger partial charge in [-0.3, -0.25) is 0 Å². The SMILES string of the molecule is N#Cc1cc(NCCc2cc(Br)cs2)ncn1. The molecule has 0 saturated heterocycles. The van der Waals surface area contributed by atoms with Crippen molar-refractivity contribution in [1.29, 1.82) is 5.26 Å². The van der Waals surface area contributed by atoms with E-state index >= 15 is 0 Å². The largest absolute Gasteiger partial charge is 0.370 e. The number of nitrogens with one attached hydrogen (secondary N) is 1. The van der Waals surface area contributed by atoms with Gasteiger partial charge in [0.05, 0.1) is 0 Å². The standard InChI is InChI=1S/C11H9BrN4S/c12-8-3-10(17-6-8)1-2-14-11-4-9(5-13)15-7-16-11/h3-4,6-7H,1-2H2,(H,14,15,16). The van der Waals surface area contributed by atoms with Crippen LogP contribution in [0.15, 0.2) is 28.3 Å². The Morgan fingerprint density at radius 3 is 3.00 bits per heavy atom. The maximum Gasteiger partial charge on any atom is 0.145 e. The van der Waals surface area contributed by atoms with Gasteiger partial charge in [0.25, 0.3) is 0 Å². The first-order chi connectivity index (χ1) is 8.28. The van der Waals surface area contributed by atoms with Crippen LogP contribution in [0.2, 0.25) is 0 Å². The first-order valence-corrected chi connectivity index (χ1v) is 6.64. The molecule has 0 saturated carbocycles. The lowest BCUT2D eigenvalue weighted by Gasteiger charge is -2.03. The van der Waals surface area contributed by atoms with E-state index in [4.69, 9.17) is 5.26 Å². The van der Waals surface area contributed by atoms with E-state index in [0.717, 1.165) is 17.4 Å². The van der Waals surface area contributed by atoms with Crippen molar-refractivity contribution in [2.45, 2.75) is 6.42 Å². The van der Waals surface area contributed by atoms with Gasteiger partial charge in [-0.2, -0.15) is 5.26 Å². The topological polar surface area (TPSA) is 61.6 Å². The van der Waals surface area contributed by atoms with Crippen LogP contribution in [-0.4, -0.2) is 16.5 Å². The maximum atomic E-state index is 8.70. The second-order valence-corrected chi connectivity index (χ2v) is 5.22. The summed E-state index contributed by atoms with van der Waals surface area (Å²) in [7, 11) is 0. The summed E-state index contributed by atoms with van der Waals surface area (Å²) in [5, 5.41) is 13.9. The Kier molecular flexibility index (Phi) is 4.07. The van der Waals surface area contributed by atoms with Gasteiger partial charge in [-0.15, -0.1) is 11.3 Å². The van der Waals surface area contributed by atoms with Crippen LogP contribution in [0.5, 0.6) is 0 Å². The van der Waals surface area contributed by atoms with E-state index in [1.54, 1.807) is 17.4 Å². The number of nitrogens with zero attached hydrogens (tertiary/aromatic N) is 3. The third kappa shape index (κ3) is 3.51. The summed E-state index contributed by atoms with van der Waals surface area (Å²) in [4.78, 5) is 9.16. The Hall–Kier alpha value is -1.45. The van der Waals surface area contributed by atoms with Crippen LogP contribution in [0.1, 0.15) is 10.6 Å². The minimum Gasteiger partial charge on any atom is -0.370 e. The highest BCUT2D eigenvalue weighted by molar-refractivity contribution is 9.10. The van der Waals surface area contributed by atoms with E-state index in [0.29, 0.717) is 11.5 Å². The van der Waals surface area contributed by atoms with Crippen LogP contribution in [0.3, 0.4) is 0 Å². The minimum atomic E-state index is 0.376. The van der Waals surface area contributed by atoms with Gasteiger partial charge in [-0.25, -0.2) is 9.97 Å². The zero-order valence-electron chi connectivity index (χ0n) is 8.85. The zero-order chi connectivity index (χ0) is 12.1. The number of anilines is 1. The van der Waals surface area contributed by atoms with Crippen LogP contribution in [0.25, 0.3) is 0 Å². The Morgan fingerprint density at radius 2 is 2.29 bits per heavy atom. The molecule has 6 heteroatoms. The molecule has 2 heterocycles. The second kappa shape index (κ2) is 5.75. The molecule has 0 atom stereocenters. The Bertz CT molecular complexity index is 546. The molecule has 0 fully saturated rings. The second-order valence-electron chi connectivity index (χ2n) is 3.31. The molecule has 0 bridgehead atoms. The van der Waals surface area contributed by atoms with Gasteiger partial charge in [0.2, 0.25) is 0 Å². The monoisotopic (exact) mass is 308 g/mol. The molecule has 17 heavy (non-hydrogen) atoms. The lowest BCUT2D eigenvalue weighted by Crippen LogP contribution is -2.06. The molecule has 2 aromatic heterocycles. The quantitative estimate of drug-likeness (QED) is 0.943. The van der Waals surface area contributed by atoms with Crippen molar-refractivity contribution in [1.82, 2.24) is 9.97 Å². The molecule has 86 valence electrons. The van der Waals surface area contributed by atoms with E-state index < -0.39 is 0 Å². The number of nitriles is 1. The lowest BCUT2D eigenvalue weighted by molar-refractivity contribution is 1.01. The number of rotatable bonds is 4. The summed E-state index contributed by atoms with van der Waals surface area (Å²) in [6.45, 7) is 0.787. The van der Waals surface area contributed by atoms with Crippen LogP contribution in [0.4, 0.5) is 5.82 Å². The number of thiophene rings is 1. The zero-order valence-corrected chi connectivity index (χ0v) is 11.3. The highest BCUT2D eigenvalue weighted by atomic mass is 79.9. The molecule has 1 N–H and O–H groups in total. The molecule has 4 nitrogen and oxygen atoms in total. The molecule has 0 aromatic carbocycles. The summed E-state index contributed by atoms with van der Waals surface area (Å²) in [6.07, 6.45) is 2.32. The van der Waals surface area contributed by atoms with Crippen LogP contribution in [-0.2, 0) is 6.42 Å². The molecule has 2 rings (SSSR count). The molecule has 0 unspecified atom stereocenters. The van der Waals surface area contributed by atoms with Crippen molar-refractivity contribution in [2.75, 3.05) is 11.9 Å². The summed E-state index contributed by atoms with van der Waals surface area (Å²) in [5.41, 5.74) is 0.376. The number of hydrogen-bond acceptors (Lipinski definition) is 5. The normalized spacial score (nSPS) is 9.88. The Morgan fingerprint density at radius 1 is 1.41 bits per heavy atom. The van der Waals surface area contributed by atoms with Crippen molar-refractivity contribution in [3.8, 4) is 6.07 Å². The lowest BCUT2D eigenvalue weighted by atomic mass is 10.3. The molecule has 0 amide bonds. The smallest absolute Gasteiger partial charge is 0.145 e. The van der Waals surface area contributed by atoms with Crippen molar-refractivity contribution >= 4 is 33.1 Å². The van der Waals surface area contributed by atoms with E-state index in [9.17, 15) is 0 Å². The fourth-order valence-corrected chi connectivity index (χ4v) is 2.77. The third-order valence-corrected chi connectivity index (χ3v) is 3.84. The minimum absolute atomic E-state index is 0.376. The Balaban J connectivity index is 1.88. The van der Waals surface area contributed by atoms with Gasteiger partial charge in [0.1, 0.15) is 23.9 Å². The summed E-state index contributed by atoms with van der Waals surface area (Å²) in [6, 6.07) is 5.73. The number of hydrogen-bond donors (Lipinski definition) is 1. The van der Waals surface area contributed by atoms with Crippen molar-refractivity contribution in [3.63, 3.8) is 0 Å². The van der Waals surface area contributed by atoms with E-state index in [1.165, 1.54) is 11.2 Å². The fraction of sp³-hybridized carbons (Fsp3) is 0.182. The van der Waals surface area contributed by atoms with Crippen LogP contribution < -0.4 is 5.32 Å². The summed E-state index contributed by atoms with van der Waals surface area (Å²) >= 11 is 5.14. The van der Waals surface area contributed by atoms with Crippen LogP contribution in [0, 0.1) is 11.3 Å². The molecular weight excluding hydrogens is 300 g/mol. The predicted molar refractivity (Wildman–Crippen MR) is 71.0 cm³/mol. The van der Waals surface area contributed by atoms with E-state index in [2.05, 4.69) is 42.7 Å². The molecule has 0 aliphatic carbocycles. The highest BCUT2D eigenvalue weighted by Crippen LogP contribution is 2.20. The van der Waals surface area contributed by atoms with E-state index in [-0.39, 0.29) is 0 Å². The average molecular weight is 309 g/mol. The molecule has 0 radical (unpaired) electrons. The molecular formula is C11H9BrN4S.